The largest absolute Gasteiger partial charge is 0.448 e. The van der Waals surface area contributed by atoms with Gasteiger partial charge in [-0.05, 0) is 32.0 Å². The Hall–Kier alpha value is -3.04. The van der Waals surface area contributed by atoms with Crippen molar-refractivity contribution in [3.8, 4) is 0 Å². The van der Waals surface area contributed by atoms with Crippen molar-refractivity contribution >= 4 is 17.6 Å². The molecule has 1 aliphatic rings. The van der Waals surface area contributed by atoms with Crippen molar-refractivity contribution in [2.24, 2.45) is 10.7 Å². The number of nitrogens with zero attached hydrogens (tertiary/aromatic N) is 2. The van der Waals surface area contributed by atoms with Gasteiger partial charge in [0.25, 0.3) is 11.9 Å². The highest BCUT2D eigenvalue weighted by molar-refractivity contribution is 6.03. The van der Waals surface area contributed by atoms with Gasteiger partial charge in [-0.15, -0.1) is 0 Å². The summed E-state index contributed by atoms with van der Waals surface area (Å²) in [6.07, 6.45) is 1.28. The number of rotatable bonds is 3. The van der Waals surface area contributed by atoms with E-state index in [-0.39, 0.29) is 11.4 Å². The molecule has 3 N–H and O–H groups in total. The zero-order chi connectivity index (χ0) is 19.1. The number of carbonyl (C=O) groups is 1. The summed E-state index contributed by atoms with van der Waals surface area (Å²) in [5.41, 5.74) is 3.15. The van der Waals surface area contributed by atoms with E-state index in [2.05, 4.69) is 20.0 Å². The lowest BCUT2D eigenvalue weighted by Gasteiger charge is -2.39. The molecule has 7 nitrogen and oxygen atoms in total. The van der Waals surface area contributed by atoms with Crippen LogP contribution in [0.15, 0.2) is 34.0 Å². The Morgan fingerprint density at radius 1 is 1.38 bits per heavy atom. The van der Waals surface area contributed by atoms with Gasteiger partial charge in [-0.2, -0.15) is 8.78 Å². The molecule has 0 fully saturated rings. The van der Waals surface area contributed by atoms with Gasteiger partial charge in [0.05, 0.1) is 0 Å². The lowest BCUT2D eigenvalue weighted by molar-refractivity contribution is -0.173. The first-order chi connectivity index (χ1) is 12.1. The third-order valence-corrected chi connectivity index (χ3v) is 4.14. The van der Waals surface area contributed by atoms with Gasteiger partial charge in [0.2, 0.25) is 5.60 Å². The van der Waals surface area contributed by atoms with Crippen LogP contribution in [0, 0.1) is 12.7 Å². The number of alkyl halides is 2. The Balaban J connectivity index is 1.97. The Kier molecular flexibility index (Phi) is 4.13. The molecule has 0 unspecified atom stereocenters. The van der Waals surface area contributed by atoms with Gasteiger partial charge in [0.15, 0.2) is 5.69 Å². The van der Waals surface area contributed by atoms with Gasteiger partial charge in [0, 0.05) is 16.8 Å². The van der Waals surface area contributed by atoms with Gasteiger partial charge >= 0.3 is 5.92 Å². The molecule has 0 bridgehead atoms. The molecule has 1 atom stereocenters. The van der Waals surface area contributed by atoms with Crippen molar-refractivity contribution in [3.05, 3.63) is 47.1 Å². The van der Waals surface area contributed by atoms with Crippen LogP contribution in [-0.4, -0.2) is 29.6 Å². The first-order valence-electron chi connectivity index (χ1n) is 7.53. The molecular weight excluding hydrogens is 353 g/mol. The number of benzene rings is 1. The second-order valence-electron chi connectivity index (χ2n) is 5.99. The van der Waals surface area contributed by atoms with E-state index in [0.29, 0.717) is 5.56 Å². The molecule has 2 aromatic rings. The number of ether oxygens (including phenoxy) is 1. The summed E-state index contributed by atoms with van der Waals surface area (Å²) in [7, 11) is 0. The topological polar surface area (TPSA) is 103 Å². The number of amidine groups is 1. The van der Waals surface area contributed by atoms with E-state index in [1.807, 2.05) is 0 Å². The van der Waals surface area contributed by atoms with Crippen molar-refractivity contribution in [2.75, 3.05) is 11.9 Å². The highest BCUT2D eigenvalue weighted by Crippen LogP contribution is 2.44. The number of aromatic nitrogens is 1. The van der Waals surface area contributed by atoms with Gasteiger partial charge in [-0.25, -0.2) is 9.38 Å². The van der Waals surface area contributed by atoms with Crippen LogP contribution >= 0.6 is 0 Å². The molecule has 1 aliphatic heterocycles. The first-order valence-corrected chi connectivity index (χ1v) is 7.53. The van der Waals surface area contributed by atoms with Crippen molar-refractivity contribution in [2.45, 2.75) is 25.4 Å². The predicted molar refractivity (Wildman–Crippen MR) is 85.5 cm³/mol. The number of nitrogens with one attached hydrogen (secondary N) is 1. The van der Waals surface area contributed by atoms with E-state index in [0.717, 1.165) is 19.1 Å². The zero-order valence-corrected chi connectivity index (χ0v) is 13.8. The van der Waals surface area contributed by atoms with Crippen LogP contribution in [0.5, 0.6) is 0 Å². The van der Waals surface area contributed by atoms with E-state index in [1.165, 1.54) is 12.3 Å². The fourth-order valence-electron chi connectivity index (χ4n) is 2.56. The Morgan fingerprint density at radius 3 is 2.77 bits per heavy atom. The molecule has 3 rings (SSSR count). The zero-order valence-electron chi connectivity index (χ0n) is 13.8. The number of aliphatic imine (C=N–C) groups is 1. The highest BCUT2D eigenvalue weighted by Gasteiger charge is 2.57. The molecule has 0 radical (unpaired) electrons. The molecule has 0 spiro atoms. The van der Waals surface area contributed by atoms with Gasteiger partial charge in [-0.1, -0.05) is 5.16 Å². The normalized spacial score (nSPS) is 21.7. The fraction of sp³-hybridized carbons (Fsp3) is 0.312. The number of hydrogen-bond donors (Lipinski definition) is 2. The fourth-order valence-corrected chi connectivity index (χ4v) is 2.56. The summed E-state index contributed by atoms with van der Waals surface area (Å²) < 4.78 is 52.8. The third kappa shape index (κ3) is 2.87. The van der Waals surface area contributed by atoms with Crippen molar-refractivity contribution in [3.63, 3.8) is 0 Å². The van der Waals surface area contributed by atoms with Crippen molar-refractivity contribution < 1.29 is 27.2 Å². The van der Waals surface area contributed by atoms with Gasteiger partial charge in [-0.3, -0.25) is 4.79 Å². The second-order valence-corrected chi connectivity index (χ2v) is 5.99. The monoisotopic (exact) mass is 368 g/mol. The summed E-state index contributed by atoms with van der Waals surface area (Å²) in [6, 6.07) is 2.78. The SMILES string of the molecule is Cc1conc1C(=O)Nc1ccc(F)c([C@@]2(C)OC(N)=NCC2(F)F)c1. The maximum Gasteiger partial charge on any atom is 0.310 e. The van der Waals surface area contributed by atoms with E-state index < -0.39 is 41.4 Å². The lowest BCUT2D eigenvalue weighted by atomic mass is 9.87. The number of hydrogen-bond acceptors (Lipinski definition) is 6. The van der Waals surface area contributed by atoms with Crippen molar-refractivity contribution in [1.29, 1.82) is 0 Å². The number of amides is 1. The molecule has 138 valence electrons. The molecule has 0 aliphatic carbocycles. The van der Waals surface area contributed by atoms with E-state index in [1.54, 1.807) is 6.92 Å². The van der Waals surface area contributed by atoms with Gasteiger partial charge < -0.3 is 20.3 Å². The summed E-state index contributed by atoms with van der Waals surface area (Å²) in [5.74, 6) is -5.07. The summed E-state index contributed by atoms with van der Waals surface area (Å²) in [4.78, 5) is 15.5. The molecule has 1 aromatic heterocycles. The summed E-state index contributed by atoms with van der Waals surface area (Å²) in [5, 5.41) is 6.01. The van der Waals surface area contributed by atoms with E-state index in [4.69, 9.17) is 10.5 Å². The quantitative estimate of drug-likeness (QED) is 0.867. The first kappa shape index (κ1) is 17.8. The molecular formula is C16H15F3N4O3. The van der Waals surface area contributed by atoms with Crippen LogP contribution in [0.1, 0.15) is 28.5 Å². The smallest absolute Gasteiger partial charge is 0.310 e. The maximum atomic E-state index is 14.4. The van der Waals surface area contributed by atoms with Crippen LogP contribution in [0.3, 0.4) is 0 Å². The van der Waals surface area contributed by atoms with Crippen LogP contribution in [0.25, 0.3) is 0 Å². The molecule has 10 heteroatoms. The molecule has 26 heavy (non-hydrogen) atoms. The minimum absolute atomic E-state index is 0.0257. The van der Waals surface area contributed by atoms with Crippen molar-refractivity contribution in [1.82, 2.24) is 5.16 Å². The standard InChI is InChI=1S/C16H15F3N4O3/c1-8-6-25-23-12(8)13(24)22-9-3-4-11(17)10(5-9)15(2)16(18,19)7-21-14(20)26-15/h3-6H,7H2,1-2H3,(H2,20,21)(H,22,24)/t15-/m1/s1. The van der Waals surface area contributed by atoms with Gasteiger partial charge in [0.1, 0.15) is 18.6 Å². The Morgan fingerprint density at radius 2 is 2.12 bits per heavy atom. The van der Waals surface area contributed by atoms with Crippen LogP contribution in [-0.2, 0) is 10.3 Å². The molecule has 1 aromatic carbocycles. The second kappa shape index (κ2) is 6.04. The maximum absolute atomic E-state index is 14.4. The van der Waals surface area contributed by atoms with Crippen LogP contribution < -0.4 is 11.1 Å². The average molecular weight is 368 g/mol. The van der Waals surface area contributed by atoms with Crippen LogP contribution in [0.2, 0.25) is 0 Å². The Labute approximate surface area is 146 Å². The molecule has 1 amide bonds. The molecule has 0 saturated heterocycles. The summed E-state index contributed by atoms with van der Waals surface area (Å²) >= 11 is 0. The highest BCUT2D eigenvalue weighted by atomic mass is 19.3. The number of nitrogens with two attached hydrogens (primary N) is 1. The third-order valence-electron chi connectivity index (χ3n) is 4.14. The van der Waals surface area contributed by atoms with Crippen LogP contribution in [0.4, 0.5) is 18.9 Å². The van der Waals surface area contributed by atoms with E-state index in [9.17, 15) is 18.0 Å². The minimum atomic E-state index is -3.51. The molecule has 0 saturated carbocycles. The number of aryl methyl sites for hydroxylation is 1. The number of carbonyl (C=O) groups excluding carboxylic acids is 1. The number of halogens is 3. The number of anilines is 1. The molecule has 2 heterocycles. The minimum Gasteiger partial charge on any atom is -0.448 e. The lowest BCUT2D eigenvalue weighted by Crippen LogP contribution is -2.53. The van der Waals surface area contributed by atoms with E-state index >= 15 is 0 Å². The Bertz CT molecular complexity index is 897. The summed E-state index contributed by atoms with van der Waals surface area (Å²) in [6.45, 7) is 1.69. The average Bonchev–Trinajstić information content (AvgIpc) is 2.99. The predicted octanol–water partition coefficient (Wildman–Crippen LogP) is 2.57.